The molecule has 0 saturated carbocycles. The number of rotatable bonds is 3. The van der Waals surface area contributed by atoms with E-state index < -0.39 is 0 Å². The second-order valence-corrected chi connectivity index (χ2v) is 4.96. The lowest BCUT2D eigenvalue weighted by molar-refractivity contribution is -0.135. The SMILES string of the molecule is COc1ccc(C2CC(=O)O/C2=C\c2ccccc2)cc1. The molecule has 1 unspecified atom stereocenters. The zero-order valence-corrected chi connectivity index (χ0v) is 11.8. The molecule has 1 aliphatic heterocycles. The van der Waals surface area contributed by atoms with Crippen LogP contribution in [0.2, 0.25) is 0 Å². The highest BCUT2D eigenvalue weighted by Gasteiger charge is 2.31. The van der Waals surface area contributed by atoms with Gasteiger partial charge in [-0.1, -0.05) is 42.5 Å². The molecule has 1 fully saturated rings. The third-order valence-corrected chi connectivity index (χ3v) is 3.57. The second-order valence-electron chi connectivity index (χ2n) is 4.96. The number of carbonyl (C=O) groups excluding carboxylic acids is 1. The molecular formula is C18H16O3. The van der Waals surface area contributed by atoms with Gasteiger partial charge in [-0.2, -0.15) is 0 Å². The van der Waals surface area contributed by atoms with Crippen LogP contribution in [0.15, 0.2) is 60.4 Å². The van der Waals surface area contributed by atoms with Gasteiger partial charge in [-0.3, -0.25) is 4.79 Å². The van der Waals surface area contributed by atoms with E-state index in [1.54, 1.807) is 7.11 Å². The summed E-state index contributed by atoms with van der Waals surface area (Å²) >= 11 is 0. The first-order valence-electron chi connectivity index (χ1n) is 6.87. The minimum Gasteiger partial charge on any atom is -0.497 e. The Morgan fingerprint density at radius 3 is 2.48 bits per heavy atom. The highest BCUT2D eigenvalue weighted by atomic mass is 16.5. The van der Waals surface area contributed by atoms with Crippen LogP contribution in [0.25, 0.3) is 6.08 Å². The summed E-state index contributed by atoms with van der Waals surface area (Å²) in [4.78, 5) is 11.7. The Hall–Kier alpha value is -2.55. The lowest BCUT2D eigenvalue weighted by Gasteiger charge is -2.10. The van der Waals surface area contributed by atoms with Gasteiger partial charge in [0, 0.05) is 0 Å². The predicted octanol–water partition coefficient (Wildman–Crippen LogP) is 3.77. The zero-order chi connectivity index (χ0) is 14.7. The molecule has 0 amide bonds. The number of allylic oxidation sites excluding steroid dienone is 1. The highest BCUT2D eigenvalue weighted by Crippen LogP contribution is 2.36. The molecular weight excluding hydrogens is 264 g/mol. The van der Waals surface area contributed by atoms with Gasteiger partial charge in [0.05, 0.1) is 19.4 Å². The first-order valence-corrected chi connectivity index (χ1v) is 6.87. The number of ether oxygens (including phenoxy) is 2. The molecule has 0 N–H and O–H groups in total. The first kappa shape index (κ1) is 13.4. The number of methoxy groups -OCH3 is 1. The molecule has 0 spiro atoms. The first-order chi connectivity index (χ1) is 10.3. The zero-order valence-electron chi connectivity index (χ0n) is 11.8. The maximum atomic E-state index is 11.7. The average Bonchev–Trinajstić information content (AvgIpc) is 2.89. The van der Waals surface area contributed by atoms with Crippen LogP contribution < -0.4 is 4.74 Å². The summed E-state index contributed by atoms with van der Waals surface area (Å²) in [5.74, 6) is 1.30. The summed E-state index contributed by atoms with van der Waals surface area (Å²) in [5, 5.41) is 0. The van der Waals surface area contributed by atoms with Gasteiger partial charge < -0.3 is 9.47 Å². The van der Waals surface area contributed by atoms with Crippen LogP contribution in [0.1, 0.15) is 23.5 Å². The van der Waals surface area contributed by atoms with Crippen molar-refractivity contribution in [2.24, 2.45) is 0 Å². The van der Waals surface area contributed by atoms with E-state index >= 15 is 0 Å². The number of esters is 1. The summed E-state index contributed by atoms with van der Waals surface area (Å²) in [6, 6.07) is 17.6. The van der Waals surface area contributed by atoms with Crippen LogP contribution in [0.5, 0.6) is 5.75 Å². The summed E-state index contributed by atoms with van der Waals surface area (Å²) in [7, 11) is 1.64. The van der Waals surface area contributed by atoms with Gasteiger partial charge in [0.2, 0.25) is 0 Å². The molecule has 1 atom stereocenters. The van der Waals surface area contributed by atoms with E-state index in [-0.39, 0.29) is 11.9 Å². The van der Waals surface area contributed by atoms with Gasteiger partial charge >= 0.3 is 5.97 Å². The van der Waals surface area contributed by atoms with Gasteiger partial charge in [-0.15, -0.1) is 0 Å². The van der Waals surface area contributed by atoms with Crippen LogP contribution in [0.3, 0.4) is 0 Å². The third kappa shape index (κ3) is 2.97. The Labute approximate surface area is 123 Å². The smallest absolute Gasteiger partial charge is 0.311 e. The molecule has 0 aromatic heterocycles. The monoisotopic (exact) mass is 280 g/mol. The van der Waals surface area contributed by atoms with E-state index in [0.717, 1.165) is 16.9 Å². The van der Waals surface area contributed by atoms with Crippen molar-refractivity contribution >= 4 is 12.0 Å². The van der Waals surface area contributed by atoms with Gasteiger partial charge in [0.15, 0.2) is 0 Å². The number of hydrogen-bond donors (Lipinski definition) is 0. The number of cyclic esters (lactones) is 1. The van der Waals surface area contributed by atoms with Crippen LogP contribution in [0.4, 0.5) is 0 Å². The third-order valence-electron chi connectivity index (χ3n) is 3.57. The van der Waals surface area contributed by atoms with Crippen molar-refractivity contribution in [2.45, 2.75) is 12.3 Å². The summed E-state index contributed by atoms with van der Waals surface area (Å²) in [6.45, 7) is 0. The maximum Gasteiger partial charge on any atom is 0.311 e. The summed E-state index contributed by atoms with van der Waals surface area (Å²) in [6.07, 6.45) is 2.31. The minimum absolute atomic E-state index is 0.0244. The van der Waals surface area contributed by atoms with Gasteiger partial charge in [-0.25, -0.2) is 0 Å². The van der Waals surface area contributed by atoms with E-state index in [4.69, 9.17) is 9.47 Å². The number of hydrogen-bond acceptors (Lipinski definition) is 3. The molecule has 1 aliphatic rings. The lowest BCUT2D eigenvalue weighted by Crippen LogP contribution is -1.96. The topological polar surface area (TPSA) is 35.5 Å². The Morgan fingerprint density at radius 2 is 1.81 bits per heavy atom. The quantitative estimate of drug-likeness (QED) is 0.803. The molecule has 106 valence electrons. The van der Waals surface area contributed by atoms with Crippen molar-refractivity contribution in [1.29, 1.82) is 0 Å². The fourth-order valence-corrected chi connectivity index (χ4v) is 2.47. The van der Waals surface area contributed by atoms with Crippen molar-refractivity contribution in [3.63, 3.8) is 0 Å². The standard InChI is InChI=1S/C18H16O3/c1-20-15-9-7-14(8-10-15)16-12-18(19)21-17(16)11-13-5-3-2-4-6-13/h2-11,16H,12H2,1H3/b17-11-. The Morgan fingerprint density at radius 1 is 1.10 bits per heavy atom. The van der Waals surface area contributed by atoms with Crippen molar-refractivity contribution in [2.75, 3.05) is 7.11 Å². The van der Waals surface area contributed by atoms with Gasteiger partial charge in [0.1, 0.15) is 11.5 Å². The van der Waals surface area contributed by atoms with Crippen LogP contribution >= 0.6 is 0 Å². The van der Waals surface area contributed by atoms with Crippen molar-refractivity contribution in [1.82, 2.24) is 0 Å². The molecule has 0 radical (unpaired) electrons. The molecule has 21 heavy (non-hydrogen) atoms. The lowest BCUT2D eigenvalue weighted by atomic mass is 9.94. The average molecular weight is 280 g/mol. The molecule has 2 aromatic carbocycles. The summed E-state index contributed by atoms with van der Waals surface area (Å²) < 4.78 is 10.5. The van der Waals surface area contributed by atoms with E-state index in [9.17, 15) is 4.79 Å². The Bertz CT molecular complexity index is 657. The number of carbonyl (C=O) groups is 1. The summed E-state index contributed by atoms with van der Waals surface area (Å²) in [5.41, 5.74) is 2.09. The molecule has 1 saturated heterocycles. The maximum absolute atomic E-state index is 11.7. The largest absolute Gasteiger partial charge is 0.497 e. The fourth-order valence-electron chi connectivity index (χ4n) is 2.47. The van der Waals surface area contributed by atoms with E-state index in [2.05, 4.69) is 0 Å². The van der Waals surface area contributed by atoms with Crippen LogP contribution in [-0.4, -0.2) is 13.1 Å². The molecule has 3 nitrogen and oxygen atoms in total. The Kier molecular flexibility index (Phi) is 3.73. The van der Waals surface area contributed by atoms with Crippen molar-refractivity contribution < 1.29 is 14.3 Å². The van der Waals surface area contributed by atoms with Crippen LogP contribution in [0, 0.1) is 0 Å². The molecule has 1 heterocycles. The molecule has 3 heteroatoms. The van der Waals surface area contributed by atoms with Gasteiger partial charge in [0.25, 0.3) is 0 Å². The van der Waals surface area contributed by atoms with E-state index in [1.165, 1.54) is 0 Å². The van der Waals surface area contributed by atoms with Crippen molar-refractivity contribution in [3.8, 4) is 5.75 Å². The minimum atomic E-state index is -0.182. The van der Waals surface area contributed by atoms with Crippen molar-refractivity contribution in [3.05, 3.63) is 71.5 Å². The fraction of sp³-hybridized carbons (Fsp3) is 0.167. The second kappa shape index (κ2) is 5.83. The van der Waals surface area contributed by atoms with E-state index in [0.29, 0.717) is 12.2 Å². The molecule has 0 aliphatic carbocycles. The predicted molar refractivity (Wildman–Crippen MR) is 80.9 cm³/mol. The van der Waals surface area contributed by atoms with Crippen LogP contribution in [-0.2, 0) is 9.53 Å². The van der Waals surface area contributed by atoms with Gasteiger partial charge in [-0.05, 0) is 29.3 Å². The Balaban J connectivity index is 1.92. The van der Waals surface area contributed by atoms with E-state index in [1.807, 2.05) is 60.7 Å². The number of benzene rings is 2. The normalized spacial score (nSPS) is 19.6. The molecule has 0 bridgehead atoms. The molecule has 3 rings (SSSR count). The highest BCUT2D eigenvalue weighted by molar-refractivity contribution is 5.78. The molecule has 2 aromatic rings.